The molecule has 15 heavy (non-hydrogen) atoms. The molecule has 0 atom stereocenters. The second-order valence-corrected chi connectivity index (χ2v) is 4.04. The van der Waals surface area contributed by atoms with Crippen LogP contribution in [0.4, 0.5) is 0 Å². The Bertz CT molecular complexity index is 329. The average molecular weight is 205 g/mol. The molecule has 0 spiro atoms. The van der Waals surface area contributed by atoms with Gasteiger partial charge in [-0.2, -0.15) is 0 Å². The Kier molecular flexibility index (Phi) is 3.14. The van der Waals surface area contributed by atoms with Crippen LogP contribution in [0.2, 0.25) is 0 Å². The number of rotatable bonds is 2. The van der Waals surface area contributed by atoms with Crippen molar-refractivity contribution in [3.8, 4) is 0 Å². The van der Waals surface area contributed by atoms with Crippen molar-refractivity contribution in [2.24, 2.45) is 5.92 Å². The van der Waals surface area contributed by atoms with Crippen molar-refractivity contribution in [3.05, 3.63) is 41.1 Å². The minimum Gasteiger partial charge on any atom is -0.634 e. The highest BCUT2D eigenvalue weighted by Gasteiger charge is 2.24. The van der Waals surface area contributed by atoms with Gasteiger partial charge in [-0.3, -0.25) is 4.79 Å². The second kappa shape index (κ2) is 4.55. The van der Waals surface area contributed by atoms with Gasteiger partial charge in [-0.1, -0.05) is 30.3 Å². The number of nitrogens with one attached hydrogen (secondary N) is 1. The summed E-state index contributed by atoms with van der Waals surface area (Å²) in [6, 6.07) is 9.35. The zero-order valence-corrected chi connectivity index (χ0v) is 8.61. The van der Waals surface area contributed by atoms with Crippen LogP contribution < -0.4 is 5.06 Å². The fraction of sp³-hybridized carbons (Fsp3) is 0.417. The molecule has 1 heterocycles. The summed E-state index contributed by atoms with van der Waals surface area (Å²) in [5, 5.41) is 11.4. The van der Waals surface area contributed by atoms with Crippen LogP contribution in [0.5, 0.6) is 0 Å². The number of benzene rings is 1. The van der Waals surface area contributed by atoms with E-state index >= 15 is 0 Å². The lowest BCUT2D eigenvalue weighted by molar-refractivity contribution is -0.854. The molecule has 0 aromatic heterocycles. The van der Waals surface area contributed by atoms with Crippen molar-refractivity contribution in [1.29, 1.82) is 0 Å². The van der Waals surface area contributed by atoms with Crippen LogP contribution in [0.25, 0.3) is 0 Å². The van der Waals surface area contributed by atoms with Crippen LogP contribution in [0.1, 0.15) is 23.2 Å². The number of hydrogen-bond acceptors (Lipinski definition) is 2. The first-order valence-electron chi connectivity index (χ1n) is 5.38. The maximum Gasteiger partial charge on any atom is 0.166 e. The fourth-order valence-electron chi connectivity index (χ4n) is 2.04. The summed E-state index contributed by atoms with van der Waals surface area (Å²) < 4.78 is 0. The largest absolute Gasteiger partial charge is 0.634 e. The SMILES string of the molecule is O=C(c1ccccc1)C1CC[NH+]([O-])CC1. The van der Waals surface area contributed by atoms with Crippen molar-refractivity contribution >= 4 is 5.78 Å². The Morgan fingerprint density at radius 1 is 1.20 bits per heavy atom. The van der Waals surface area contributed by atoms with E-state index in [2.05, 4.69) is 0 Å². The van der Waals surface area contributed by atoms with E-state index in [4.69, 9.17) is 0 Å². The highest BCUT2D eigenvalue weighted by molar-refractivity contribution is 5.97. The van der Waals surface area contributed by atoms with E-state index in [-0.39, 0.29) is 11.7 Å². The highest BCUT2D eigenvalue weighted by atomic mass is 16.5. The maximum atomic E-state index is 12.0. The Balaban J connectivity index is 2.03. The number of ketones is 1. The summed E-state index contributed by atoms with van der Waals surface area (Å²) in [5.41, 5.74) is 0.775. The highest BCUT2D eigenvalue weighted by Crippen LogP contribution is 2.16. The topological polar surface area (TPSA) is 44.6 Å². The van der Waals surface area contributed by atoms with Gasteiger partial charge in [0.25, 0.3) is 0 Å². The van der Waals surface area contributed by atoms with Gasteiger partial charge in [0, 0.05) is 24.3 Å². The van der Waals surface area contributed by atoms with E-state index in [1.54, 1.807) is 0 Å². The van der Waals surface area contributed by atoms with E-state index in [1.165, 1.54) is 0 Å². The van der Waals surface area contributed by atoms with Crippen molar-refractivity contribution in [2.45, 2.75) is 12.8 Å². The smallest absolute Gasteiger partial charge is 0.166 e. The Hall–Kier alpha value is -1.19. The van der Waals surface area contributed by atoms with Crippen molar-refractivity contribution in [3.63, 3.8) is 0 Å². The van der Waals surface area contributed by atoms with Gasteiger partial charge in [0.15, 0.2) is 5.78 Å². The molecule has 0 bridgehead atoms. The normalized spacial score (nSPS) is 26.2. The quantitative estimate of drug-likeness (QED) is 0.569. The van der Waals surface area contributed by atoms with E-state index in [0.717, 1.165) is 18.4 Å². The molecule has 0 amide bonds. The molecule has 3 heteroatoms. The lowest BCUT2D eigenvalue weighted by Crippen LogP contribution is -3.08. The first kappa shape index (κ1) is 10.3. The van der Waals surface area contributed by atoms with Gasteiger partial charge in [-0.05, 0) is 0 Å². The standard InChI is InChI=1S/C12H15NO2/c14-12(10-4-2-1-3-5-10)11-6-8-13(15)9-7-11/h1-5,11,13H,6-9H2. The minimum absolute atomic E-state index is 0.0603. The molecule has 3 nitrogen and oxygen atoms in total. The van der Waals surface area contributed by atoms with Crippen molar-refractivity contribution in [1.82, 2.24) is 0 Å². The second-order valence-electron chi connectivity index (χ2n) is 4.04. The summed E-state index contributed by atoms with van der Waals surface area (Å²) in [6.45, 7) is 1.15. The van der Waals surface area contributed by atoms with Gasteiger partial charge < -0.3 is 10.3 Å². The number of Topliss-reactive ketones (excluding diaryl/α,β-unsaturated/α-hetero) is 1. The number of piperidine rings is 1. The molecule has 1 aromatic carbocycles. The molecule has 1 fully saturated rings. The van der Waals surface area contributed by atoms with E-state index in [0.29, 0.717) is 18.2 Å². The van der Waals surface area contributed by atoms with Crippen molar-refractivity contribution in [2.75, 3.05) is 13.1 Å². The van der Waals surface area contributed by atoms with E-state index in [9.17, 15) is 10.0 Å². The van der Waals surface area contributed by atoms with Crippen LogP contribution in [0.15, 0.2) is 30.3 Å². The van der Waals surface area contributed by atoms with Crippen molar-refractivity contribution < 1.29 is 9.86 Å². The third kappa shape index (κ3) is 2.43. The van der Waals surface area contributed by atoms with Crippen LogP contribution in [-0.4, -0.2) is 18.9 Å². The molecule has 0 radical (unpaired) electrons. The van der Waals surface area contributed by atoms with Crippen LogP contribution in [0, 0.1) is 11.1 Å². The molecular formula is C12H15NO2. The van der Waals surface area contributed by atoms with Gasteiger partial charge >= 0.3 is 0 Å². The predicted molar refractivity (Wildman–Crippen MR) is 57.6 cm³/mol. The molecule has 0 aliphatic carbocycles. The van der Waals surface area contributed by atoms with E-state index < -0.39 is 0 Å². The zero-order valence-electron chi connectivity index (χ0n) is 8.61. The molecular weight excluding hydrogens is 190 g/mol. The van der Waals surface area contributed by atoms with Gasteiger partial charge in [0.2, 0.25) is 0 Å². The molecule has 80 valence electrons. The Morgan fingerprint density at radius 3 is 2.40 bits per heavy atom. The maximum absolute atomic E-state index is 12.0. The van der Waals surface area contributed by atoms with Gasteiger partial charge in [0.1, 0.15) is 0 Å². The lowest BCUT2D eigenvalue weighted by Gasteiger charge is -2.30. The number of hydrogen-bond donors (Lipinski definition) is 1. The van der Waals surface area contributed by atoms with Crippen LogP contribution in [0.3, 0.4) is 0 Å². The first-order chi connectivity index (χ1) is 7.27. The summed E-state index contributed by atoms with van der Waals surface area (Å²) in [6.07, 6.45) is 1.46. The Morgan fingerprint density at radius 2 is 1.80 bits per heavy atom. The predicted octanol–water partition coefficient (Wildman–Crippen LogP) is 0.662. The summed E-state index contributed by atoms with van der Waals surface area (Å²) >= 11 is 0. The first-order valence-corrected chi connectivity index (χ1v) is 5.38. The molecule has 0 saturated carbocycles. The third-order valence-corrected chi connectivity index (χ3v) is 2.97. The number of carbonyl (C=O) groups is 1. The molecule has 1 N–H and O–H groups in total. The zero-order chi connectivity index (χ0) is 10.7. The van der Waals surface area contributed by atoms with Crippen LogP contribution in [-0.2, 0) is 0 Å². The fourth-order valence-corrected chi connectivity index (χ4v) is 2.04. The number of carbonyl (C=O) groups excluding carboxylic acids is 1. The minimum atomic E-state index is 0.0603. The summed E-state index contributed by atoms with van der Waals surface area (Å²) in [4.78, 5) is 12.0. The molecule has 1 aliphatic heterocycles. The molecule has 1 aliphatic rings. The number of hydroxylamine groups is 2. The average Bonchev–Trinajstić information content (AvgIpc) is 2.30. The monoisotopic (exact) mass is 205 g/mol. The van der Waals surface area contributed by atoms with Gasteiger partial charge in [0.05, 0.1) is 13.1 Å². The molecule has 1 aromatic rings. The van der Waals surface area contributed by atoms with Gasteiger partial charge in [-0.25, -0.2) is 0 Å². The van der Waals surface area contributed by atoms with Gasteiger partial charge in [-0.15, -0.1) is 0 Å². The van der Waals surface area contributed by atoms with E-state index in [1.807, 2.05) is 30.3 Å². The third-order valence-electron chi connectivity index (χ3n) is 2.97. The summed E-state index contributed by atoms with van der Waals surface area (Å²) in [7, 11) is 0. The molecule has 0 unspecified atom stereocenters. The molecule has 2 rings (SSSR count). The lowest BCUT2D eigenvalue weighted by atomic mass is 9.89. The Labute approximate surface area is 89.3 Å². The van der Waals surface area contributed by atoms with Crippen LogP contribution >= 0.6 is 0 Å². The number of quaternary nitrogens is 1. The molecule has 1 saturated heterocycles. The summed E-state index contributed by atoms with van der Waals surface area (Å²) in [5.74, 6) is 0.258.